The van der Waals surface area contributed by atoms with Crippen LogP contribution in [0, 0.1) is 20.8 Å². The number of hydrogen-bond donors (Lipinski definition) is 1. The van der Waals surface area contributed by atoms with E-state index in [-0.39, 0.29) is 6.04 Å². The van der Waals surface area contributed by atoms with Crippen LogP contribution in [0.2, 0.25) is 0 Å². The SMILES string of the molecule is CCNC(COc1cccc(C)c1)c1cc(C)cc(C)c1. The molecule has 2 rings (SSSR count). The van der Waals surface area contributed by atoms with Crippen LogP contribution in [0.4, 0.5) is 0 Å². The van der Waals surface area contributed by atoms with E-state index >= 15 is 0 Å². The van der Waals surface area contributed by atoms with E-state index < -0.39 is 0 Å². The molecule has 0 radical (unpaired) electrons. The molecule has 2 aromatic carbocycles. The van der Waals surface area contributed by atoms with E-state index in [9.17, 15) is 0 Å². The van der Waals surface area contributed by atoms with Crippen LogP contribution in [0.25, 0.3) is 0 Å². The van der Waals surface area contributed by atoms with Gasteiger partial charge >= 0.3 is 0 Å². The molecule has 0 aliphatic carbocycles. The summed E-state index contributed by atoms with van der Waals surface area (Å²) >= 11 is 0. The lowest BCUT2D eigenvalue weighted by atomic mass is 10.0. The smallest absolute Gasteiger partial charge is 0.119 e. The lowest BCUT2D eigenvalue weighted by molar-refractivity contribution is 0.268. The van der Waals surface area contributed by atoms with E-state index in [1.807, 2.05) is 12.1 Å². The Labute approximate surface area is 128 Å². The first-order valence-electron chi connectivity index (χ1n) is 7.59. The van der Waals surface area contributed by atoms with Gasteiger partial charge in [0, 0.05) is 0 Å². The molecule has 0 saturated carbocycles. The summed E-state index contributed by atoms with van der Waals surface area (Å²) in [7, 11) is 0. The number of rotatable bonds is 6. The number of hydrogen-bond acceptors (Lipinski definition) is 2. The highest BCUT2D eigenvalue weighted by atomic mass is 16.5. The lowest BCUT2D eigenvalue weighted by Crippen LogP contribution is -2.26. The molecule has 0 heterocycles. The summed E-state index contributed by atoms with van der Waals surface area (Å²) < 4.78 is 5.97. The van der Waals surface area contributed by atoms with Gasteiger partial charge in [0.15, 0.2) is 0 Å². The normalized spacial score (nSPS) is 12.2. The van der Waals surface area contributed by atoms with E-state index in [0.29, 0.717) is 6.61 Å². The van der Waals surface area contributed by atoms with E-state index in [1.165, 1.54) is 22.3 Å². The van der Waals surface area contributed by atoms with E-state index in [0.717, 1.165) is 12.3 Å². The minimum atomic E-state index is 0.217. The molecule has 1 atom stereocenters. The summed E-state index contributed by atoms with van der Waals surface area (Å²) in [6, 6.07) is 15.1. The van der Waals surface area contributed by atoms with Crippen molar-refractivity contribution in [2.75, 3.05) is 13.2 Å². The fraction of sp³-hybridized carbons (Fsp3) is 0.368. The van der Waals surface area contributed by atoms with Gasteiger partial charge in [-0.15, -0.1) is 0 Å². The van der Waals surface area contributed by atoms with Crippen molar-refractivity contribution in [3.8, 4) is 5.75 Å². The van der Waals surface area contributed by atoms with Crippen LogP contribution in [-0.4, -0.2) is 13.2 Å². The third-order valence-electron chi connectivity index (χ3n) is 3.50. The largest absolute Gasteiger partial charge is 0.492 e. The Morgan fingerprint density at radius 1 is 0.952 bits per heavy atom. The summed E-state index contributed by atoms with van der Waals surface area (Å²) in [4.78, 5) is 0. The Morgan fingerprint density at radius 2 is 1.67 bits per heavy atom. The highest BCUT2D eigenvalue weighted by Gasteiger charge is 2.12. The molecular formula is C19H25NO. The maximum absolute atomic E-state index is 5.97. The monoisotopic (exact) mass is 283 g/mol. The molecule has 112 valence electrons. The van der Waals surface area contributed by atoms with E-state index in [2.05, 4.69) is 63.3 Å². The van der Waals surface area contributed by atoms with Crippen LogP contribution in [-0.2, 0) is 0 Å². The standard InChI is InChI=1S/C19H25NO/c1-5-20-19(17-10-15(3)9-16(4)11-17)13-21-18-8-6-7-14(2)12-18/h6-12,19-20H,5,13H2,1-4H3. The lowest BCUT2D eigenvalue weighted by Gasteiger charge is -2.20. The summed E-state index contributed by atoms with van der Waals surface area (Å²) in [5, 5.41) is 3.51. The molecule has 0 spiro atoms. The summed E-state index contributed by atoms with van der Waals surface area (Å²) in [6.07, 6.45) is 0. The number of nitrogens with one attached hydrogen (secondary N) is 1. The van der Waals surface area contributed by atoms with Crippen LogP contribution >= 0.6 is 0 Å². The zero-order valence-electron chi connectivity index (χ0n) is 13.4. The second-order valence-electron chi connectivity index (χ2n) is 5.66. The highest BCUT2D eigenvalue weighted by Crippen LogP contribution is 2.20. The van der Waals surface area contributed by atoms with Crippen molar-refractivity contribution in [3.05, 3.63) is 64.7 Å². The molecular weight excluding hydrogens is 258 g/mol. The van der Waals surface area contributed by atoms with Crippen molar-refractivity contribution >= 4 is 0 Å². The molecule has 0 fully saturated rings. The van der Waals surface area contributed by atoms with E-state index in [1.54, 1.807) is 0 Å². The number of benzene rings is 2. The summed E-state index contributed by atoms with van der Waals surface area (Å²) in [5.41, 5.74) is 5.10. The zero-order valence-corrected chi connectivity index (χ0v) is 13.4. The van der Waals surface area contributed by atoms with Gasteiger partial charge in [0.1, 0.15) is 12.4 Å². The maximum Gasteiger partial charge on any atom is 0.119 e. The van der Waals surface area contributed by atoms with Crippen LogP contribution in [0.3, 0.4) is 0 Å². The van der Waals surface area contributed by atoms with Gasteiger partial charge in [0.25, 0.3) is 0 Å². The molecule has 2 nitrogen and oxygen atoms in total. The molecule has 1 N–H and O–H groups in total. The minimum Gasteiger partial charge on any atom is -0.492 e. The molecule has 0 aliphatic rings. The quantitative estimate of drug-likeness (QED) is 0.851. The van der Waals surface area contributed by atoms with Gasteiger partial charge in [0.2, 0.25) is 0 Å². The van der Waals surface area contributed by atoms with Gasteiger partial charge in [-0.2, -0.15) is 0 Å². The number of aryl methyl sites for hydroxylation is 3. The van der Waals surface area contributed by atoms with Gasteiger partial charge < -0.3 is 10.1 Å². The maximum atomic E-state index is 5.97. The topological polar surface area (TPSA) is 21.3 Å². The summed E-state index contributed by atoms with van der Waals surface area (Å²) in [6.45, 7) is 10.1. The number of likely N-dealkylation sites (N-methyl/N-ethyl adjacent to an activating group) is 1. The van der Waals surface area contributed by atoms with Gasteiger partial charge in [-0.1, -0.05) is 48.4 Å². The average molecular weight is 283 g/mol. The minimum absolute atomic E-state index is 0.217. The first-order valence-corrected chi connectivity index (χ1v) is 7.59. The zero-order chi connectivity index (χ0) is 15.2. The van der Waals surface area contributed by atoms with Crippen LogP contribution in [0.1, 0.15) is 35.2 Å². The predicted octanol–water partition coefficient (Wildman–Crippen LogP) is 4.34. The number of ether oxygens (including phenoxy) is 1. The molecule has 0 bridgehead atoms. The van der Waals surface area contributed by atoms with Gasteiger partial charge in [-0.3, -0.25) is 0 Å². The van der Waals surface area contributed by atoms with Crippen molar-refractivity contribution in [2.45, 2.75) is 33.7 Å². The Bertz CT molecular complexity index is 572. The Balaban J connectivity index is 2.11. The third kappa shape index (κ3) is 4.61. The molecule has 0 aliphatic heterocycles. The Morgan fingerprint density at radius 3 is 2.29 bits per heavy atom. The molecule has 21 heavy (non-hydrogen) atoms. The fourth-order valence-corrected chi connectivity index (χ4v) is 2.62. The van der Waals surface area contributed by atoms with Gasteiger partial charge in [0.05, 0.1) is 6.04 Å². The van der Waals surface area contributed by atoms with E-state index in [4.69, 9.17) is 4.74 Å². The first-order chi connectivity index (χ1) is 10.1. The van der Waals surface area contributed by atoms with Crippen molar-refractivity contribution in [1.29, 1.82) is 0 Å². The highest BCUT2D eigenvalue weighted by molar-refractivity contribution is 5.31. The van der Waals surface area contributed by atoms with Crippen molar-refractivity contribution < 1.29 is 4.74 Å². The van der Waals surface area contributed by atoms with Crippen LogP contribution in [0.15, 0.2) is 42.5 Å². The van der Waals surface area contributed by atoms with Gasteiger partial charge in [-0.05, 0) is 50.6 Å². The van der Waals surface area contributed by atoms with Crippen LogP contribution < -0.4 is 10.1 Å². The molecule has 0 saturated heterocycles. The Kier molecular flexibility index (Phi) is 5.40. The van der Waals surface area contributed by atoms with Gasteiger partial charge in [-0.25, -0.2) is 0 Å². The third-order valence-corrected chi connectivity index (χ3v) is 3.50. The fourth-order valence-electron chi connectivity index (χ4n) is 2.62. The van der Waals surface area contributed by atoms with Crippen molar-refractivity contribution in [2.24, 2.45) is 0 Å². The molecule has 0 aromatic heterocycles. The first kappa shape index (κ1) is 15.6. The van der Waals surface area contributed by atoms with Crippen molar-refractivity contribution in [1.82, 2.24) is 5.32 Å². The molecule has 2 aromatic rings. The summed E-state index contributed by atoms with van der Waals surface area (Å²) in [5.74, 6) is 0.933. The second kappa shape index (κ2) is 7.28. The average Bonchev–Trinajstić information content (AvgIpc) is 2.42. The van der Waals surface area contributed by atoms with Crippen LogP contribution in [0.5, 0.6) is 5.75 Å². The van der Waals surface area contributed by atoms with Crippen molar-refractivity contribution in [3.63, 3.8) is 0 Å². The Hall–Kier alpha value is -1.80. The molecule has 1 unspecified atom stereocenters. The molecule has 2 heteroatoms. The molecule has 0 amide bonds. The predicted molar refractivity (Wildman–Crippen MR) is 89.0 cm³/mol. The second-order valence-corrected chi connectivity index (χ2v) is 5.66.